The molecule has 4 atom stereocenters. The number of hydrogen-bond donors (Lipinski definition) is 1. The summed E-state index contributed by atoms with van der Waals surface area (Å²) in [5.74, 6) is 1.90. The normalized spacial score (nSPS) is 37.9. The van der Waals surface area contributed by atoms with Crippen LogP contribution in [0.3, 0.4) is 0 Å². The summed E-state index contributed by atoms with van der Waals surface area (Å²) in [6.45, 7) is 6.69. The first-order chi connectivity index (χ1) is 8.56. The van der Waals surface area contributed by atoms with E-state index in [4.69, 9.17) is 5.11 Å². The van der Waals surface area contributed by atoms with Crippen molar-refractivity contribution in [1.82, 2.24) is 4.90 Å². The molecule has 1 heterocycles. The van der Waals surface area contributed by atoms with Gasteiger partial charge in [-0.15, -0.1) is 0 Å². The predicted octanol–water partition coefficient (Wildman–Crippen LogP) is 3.00. The zero-order chi connectivity index (χ0) is 13.1. The van der Waals surface area contributed by atoms with Crippen molar-refractivity contribution in [2.45, 2.75) is 58.4 Å². The van der Waals surface area contributed by atoms with Crippen LogP contribution in [0.2, 0.25) is 0 Å². The van der Waals surface area contributed by atoms with E-state index < -0.39 is 5.97 Å². The van der Waals surface area contributed by atoms with E-state index in [-0.39, 0.29) is 6.04 Å². The monoisotopic (exact) mass is 253 g/mol. The molecule has 3 heteroatoms. The molecule has 1 aliphatic carbocycles. The molecule has 2 rings (SSSR count). The van der Waals surface area contributed by atoms with Crippen molar-refractivity contribution in [3.8, 4) is 0 Å². The number of nitrogens with zero attached hydrogens (tertiary/aromatic N) is 1. The van der Waals surface area contributed by atoms with E-state index in [0.29, 0.717) is 0 Å². The first-order valence-electron chi connectivity index (χ1n) is 7.53. The maximum Gasteiger partial charge on any atom is 0.320 e. The smallest absolute Gasteiger partial charge is 0.320 e. The van der Waals surface area contributed by atoms with Gasteiger partial charge in [-0.25, -0.2) is 0 Å². The molecule has 1 saturated heterocycles. The van der Waals surface area contributed by atoms with Gasteiger partial charge >= 0.3 is 5.97 Å². The molecule has 0 amide bonds. The van der Waals surface area contributed by atoms with Crippen molar-refractivity contribution < 1.29 is 9.90 Å². The minimum Gasteiger partial charge on any atom is -0.480 e. The zero-order valence-electron chi connectivity index (χ0n) is 11.8. The van der Waals surface area contributed by atoms with Gasteiger partial charge in [-0.1, -0.05) is 13.8 Å². The van der Waals surface area contributed by atoms with Gasteiger partial charge in [-0.3, -0.25) is 9.69 Å². The van der Waals surface area contributed by atoms with Gasteiger partial charge in [-0.05, 0) is 69.4 Å². The van der Waals surface area contributed by atoms with E-state index in [1.165, 1.54) is 25.7 Å². The van der Waals surface area contributed by atoms with Crippen molar-refractivity contribution in [3.63, 3.8) is 0 Å². The molecule has 1 saturated carbocycles. The Labute approximate surface area is 111 Å². The van der Waals surface area contributed by atoms with E-state index in [0.717, 1.165) is 43.7 Å². The zero-order valence-corrected chi connectivity index (χ0v) is 11.8. The summed E-state index contributed by atoms with van der Waals surface area (Å²) < 4.78 is 0. The van der Waals surface area contributed by atoms with Crippen LogP contribution in [0.15, 0.2) is 0 Å². The molecule has 2 aliphatic rings. The number of aliphatic carboxylic acids is 1. The molecule has 0 spiro atoms. The molecule has 0 aromatic carbocycles. The van der Waals surface area contributed by atoms with E-state index in [9.17, 15) is 4.79 Å². The molecule has 1 N–H and O–H groups in total. The van der Waals surface area contributed by atoms with Crippen LogP contribution in [0.4, 0.5) is 0 Å². The van der Waals surface area contributed by atoms with Gasteiger partial charge in [0, 0.05) is 0 Å². The van der Waals surface area contributed by atoms with Crippen molar-refractivity contribution in [1.29, 1.82) is 0 Å². The minimum absolute atomic E-state index is 0.205. The van der Waals surface area contributed by atoms with Crippen LogP contribution in [0.1, 0.15) is 52.4 Å². The summed E-state index contributed by atoms with van der Waals surface area (Å²) >= 11 is 0. The van der Waals surface area contributed by atoms with Gasteiger partial charge in [0.15, 0.2) is 0 Å². The van der Waals surface area contributed by atoms with E-state index in [1.807, 2.05) is 0 Å². The number of carboxylic acid groups (broad SMARTS) is 1. The van der Waals surface area contributed by atoms with Crippen molar-refractivity contribution >= 4 is 5.97 Å². The Morgan fingerprint density at radius 2 is 1.89 bits per heavy atom. The minimum atomic E-state index is -0.627. The third-order valence-corrected chi connectivity index (χ3v) is 4.75. The number of hydrogen-bond acceptors (Lipinski definition) is 2. The van der Waals surface area contributed by atoms with Crippen LogP contribution in [-0.4, -0.2) is 35.1 Å². The fourth-order valence-electron chi connectivity index (χ4n) is 4.07. The Kier molecular flexibility index (Phi) is 4.66. The maximum absolute atomic E-state index is 11.1. The molecule has 1 aliphatic heterocycles. The molecule has 0 bridgehead atoms. The fraction of sp³-hybridized carbons (Fsp3) is 0.933. The second-order valence-corrected chi connectivity index (χ2v) is 6.60. The number of likely N-dealkylation sites (tertiary alicyclic amines) is 1. The number of carbonyl (C=O) groups is 1. The lowest BCUT2D eigenvalue weighted by Gasteiger charge is -2.33. The molecular weight excluding hydrogens is 226 g/mol. The topological polar surface area (TPSA) is 40.5 Å². The van der Waals surface area contributed by atoms with Crippen molar-refractivity contribution in [2.24, 2.45) is 17.8 Å². The van der Waals surface area contributed by atoms with Crippen LogP contribution < -0.4 is 0 Å². The lowest BCUT2D eigenvalue weighted by atomic mass is 9.75. The quantitative estimate of drug-likeness (QED) is 0.837. The first-order valence-corrected chi connectivity index (χ1v) is 7.53. The van der Waals surface area contributed by atoms with Gasteiger partial charge in [0.05, 0.1) is 0 Å². The molecule has 3 nitrogen and oxygen atoms in total. The van der Waals surface area contributed by atoms with Crippen LogP contribution >= 0.6 is 0 Å². The van der Waals surface area contributed by atoms with Gasteiger partial charge in [0.2, 0.25) is 0 Å². The maximum atomic E-state index is 11.1. The summed E-state index contributed by atoms with van der Waals surface area (Å²) in [7, 11) is 0. The van der Waals surface area contributed by atoms with E-state index in [1.54, 1.807) is 0 Å². The lowest BCUT2D eigenvalue weighted by molar-refractivity contribution is -0.142. The highest BCUT2D eigenvalue weighted by Gasteiger charge is 2.31. The van der Waals surface area contributed by atoms with Crippen LogP contribution in [0.25, 0.3) is 0 Å². The summed E-state index contributed by atoms with van der Waals surface area (Å²) in [5, 5.41) is 9.16. The molecule has 2 fully saturated rings. The van der Waals surface area contributed by atoms with Crippen molar-refractivity contribution in [3.05, 3.63) is 0 Å². The molecular formula is C15H27NO2. The number of carboxylic acids is 1. The standard InChI is InChI=1S/C15H27NO2/c1-11-8-12(2)10-13(9-11)5-7-16-6-3-4-14(16)15(17)18/h11-14H,3-10H2,1-2H3,(H,17,18)/t11-,12+,13?,14-/m0/s1. The Bertz CT molecular complexity index is 282. The second-order valence-electron chi connectivity index (χ2n) is 6.60. The number of rotatable bonds is 4. The Morgan fingerprint density at radius 3 is 2.50 bits per heavy atom. The summed E-state index contributed by atoms with van der Waals surface area (Å²) in [6.07, 6.45) is 7.14. The lowest BCUT2D eigenvalue weighted by Crippen LogP contribution is -2.37. The predicted molar refractivity (Wildman–Crippen MR) is 72.5 cm³/mol. The van der Waals surface area contributed by atoms with Crippen molar-refractivity contribution in [2.75, 3.05) is 13.1 Å². The molecule has 104 valence electrons. The Morgan fingerprint density at radius 1 is 1.22 bits per heavy atom. The highest BCUT2D eigenvalue weighted by atomic mass is 16.4. The second kappa shape index (κ2) is 6.05. The molecule has 1 unspecified atom stereocenters. The highest BCUT2D eigenvalue weighted by Crippen LogP contribution is 2.35. The van der Waals surface area contributed by atoms with E-state index in [2.05, 4.69) is 18.7 Å². The summed E-state index contributed by atoms with van der Waals surface area (Å²) in [4.78, 5) is 13.3. The third-order valence-electron chi connectivity index (χ3n) is 4.75. The fourth-order valence-corrected chi connectivity index (χ4v) is 4.07. The summed E-state index contributed by atoms with van der Waals surface area (Å²) in [5.41, 5.74) is 0. The first kappa shape index (κ1) is 13.9. The largest absolute Gasteiger partial charge is 0.480 e. The van der Waals surface area contributed by atoms with Gasteiger partial charge in [0.25, 0.3) is 0 Å². The highest BCUT2D eigenvalue weighted by molar-refractivity contribution is 5.73. The van der Waals surface area contributed by atoms with Crippen LogP contribution in [0, 0.1) is 17.8 Å². The molecule has 0 aromatic rings. The molecule has 0 aromatic heterocycles. The third kappa shape index (κ3) is 3.47. The van der Waals surface area contributed by atoms with Crippen LogP contribution in [0.5, 0.6) is 0 Å². The van der Waals surface area contributed by atoms with E-state index >= 15 is 0 Å². The summed E-state index contributed by atoms with van der Waals surface area (Å²) in [6, 6.07) is -0.205. The Hall–Kier alpha value is -0.570. The van der Waals surface area contributed by atoms with Gasteiger partial charge < -0.3 is 5.11 Å². The SMILES string of the molecule is C[C@@H]1CC(CCN2CCC[C@H]2C(=O)O)C[C@H](C)C1. The van der Waals surface area contributed by atoms with Gasteiger partial charge in [-0.2, -0.15) is 0 Å². The Balaban J connectivity index is 1.78. The van der Waals surface area contributed by atoms with Crippen LogP contribution in [-0.2, 0) is 4.79 Å². The molecule has 18 heavy (non-hydrogen) atoms. The molecule has 0 radical (unpaired) electrons. The average molecular weight is 253 g/mol. The van der Waals surface area contributed by atoms with Gasteiger partial charge in [0.1, 0.15) is 6.04 Å². The average Bonchev–Trinajstić information content (AvgIpc) is 2.73.